The monoisotopic (exact) mass is 261 g/mol. The number of piperazine rings is 1. The molecular weight excluding hydrogens is 246 g/mol. The van der Waals surface area contributed by atoms with E-state index in [9.17, 15) is 9.59 Å². The van der Waals surface area contributed by atoms with Crippen molar-refractivity contribution in [2.75, 3.05) is 13.7 Å². The molecule has 19 heavy (non-hydrogen) atoms. The summed E-state index contributed by atoms with van der Waals surface area (Å²) in [6.07, 6.45) is 0.436. The average Bonchev–Trinajstić information content (AvgIpc) is 2.99. The summed E-state index contributed by atoms with van der Waals surface area (Å²) in [5.41, 5.74) is 6.62. The summed E-state index contributed by atoms with van der Waals surface area (Å²) in [7, 11) is 1.63. The number of ketones is 2. The smallest absolute Gasteiger partial charge is 0.207 e. The van der Waals surface area contributed by atoms with E-state index < -0.39 is 5.72 Å². The predicted molar refractivity (Wildman–Crippen MR) is 65.7 cm³/mol. The first-order chi connectivity index (χ1) is 9.01. The van der Waals surface area contributed by atoms with Crippen LogP contribution in [0.15, 0.2) is 22.5 Å². The maximum atomic E-state index is 12.4. The van der Waals surface area contributed by atoms with Gasteiger partial charge in [-0.15, -0.1) is 0 Å². The van der Waals surface area contributed by atoms with Gasteiger partial charge in [0.1, 0.15) is 0 Å². The molecule has 100 valence electrons. The third-order valence-corrected chi connectivity index (χ3v) is 4.83. The Kier molecular flexibility index (Phi) is 1.81. The summed E-state index contributed by atoms with van der Waals surface area (Å²) in [4.78, 5) is 26.7. The lowest BCUT2D eigenvalue weighted by atomic mass is 9.90. The van der Waals surface area contributed by atoms with Crippen molar-refractivity contribution in [1.29, 1.82) is 0 Å². The van der Waals surface area contributed by atoms with Crippen molar-refractivity contribution < 1.29 is 14.3 Å². The van der Waals surface area contributed by atoms with Gasteiger partial charge in [-0.2, -0.15) is 0 Å². The normalized spacial score (nSPS) is 39.8. The van der Waals surface area contributed by atoms with E-state index in [4.69, 9.17) is 10.5 Å². The molecule has 0 amide bonds. The van der Waals surface area contributed by atoms with Crippen molar-refractivity contribution in [3.05, 3.63) is 22.5 Å². The van der Waals surface area contributed by atoms with Gasteiger partial charge in [-0.1, -0.05) is 0 Å². The SMILES string of the molecule is COC12CC3=C(C(=O)C(C)=C(N)C3=O)N1CC1NC12. The number of Topliss-reactive ketones (excluding diaryl/α,β-unsaturated/α-hetero) is 2. The van der Waals surface area contributed by atoms with Gasteiger partial charge in [0, 0.05) is 37.3 Å². The van der Waals surface area contributed by atoms with E-state index in [2.05, 4.69) is 5.32 Å². The Morgan fingerprint density at radius 3 is 2.84 bits per heavy atom. The summed E-state index contributed by atoms with van der Waals surface area (Å²) in [5.74, 6) is -0.345. The topological polar surface area (TPSA) is 94.6 Å². The molecule has 0 bridgehead atoms. The Labute approximate surface area is 110 Å². The lowest BCUT2D eigenvalue weighted by Crippen LogP contribution is -2.49. The predicted octanol–water partition coefficient (Wildman–Crippen LogP) is -0.973. The zero-order valence-corrected chi connectivity index (χ0v) is 10.8. The van der Waals surface area contributed by atoms with Crippen LogP contribution in [0.5, 0.6) is 0 Å². The van der Waals surface area contributed by atoms with Gasteiger partial charge >= 0.3 is 0 Å². The zero-order valence-electron chi connectivity index (χ0n) is 10.8. The molecule has 3 unspecified atom stereocenters. The molecule has 0 aromatic heterocycles. The first kappa shape index (κ1) is 11.2. The highest BCUT2D eigenvalue weighted by Gasteiger charge is 2.68. The second-order valence-electron chi connectivity index (χ2n) is 5.61. The van der Waals surface area contributed by atoms with Gasteiger partial charge in [-0.25, -0.2) is 0 Å². The number of methoxy groups -OCH3 is 1. The Morgan fingerprint density at radius 2 is 2.16 bits per heavy atom. The molecule has 0 aromatic rings. The van der Waals surface area contributed by atoms with E-state index in [1.54, 1.807) is 14.0 Å². The molecular formula is C13H15N3O3. The number of hydrogen-bond donors (Lipinski definition) is 2. The van der Waals surface area contributed by atoms with Crippen molar-refractivity contribution in [1.82, 2.24) is 10.2 Å². The summed E-state index contributed by atoms with van der Waals surface area (Å²) < 4.78 is 5.69. The van der Waals surface area contributed by atoms with Crippen LogP contribution < -0.4 is 11.1 Å². The molecule has 0 spiro atoms. The van der Waals surface area contributed by atoms with Gasteiger partial charge < -0.3 is 20.7 Å². The van der Waals surface area contributed by atoms with Gasteiger partial charge in [0.25, 0.3) is 0 Å². The molecule has 1 aliphatic carbocycles. The lowest BCUT2D eigenvalue weighted by Gasteiger charge is -2.36. The van der Waals surface area contributed by atoms with Gasteiger partial charge in [0.15, 0.2) is 5.72 Å². The average molecular weight is 261 g/mol. The van der Waals surface area contributed by atoms with Crippen LogP contribution in [-0.4, -0.2) is 47.9 Å². The number of fused-ring (bicyclic) bond motifs is 4. The van der Waals surface area contributed by atoms with Crippen molar-refractivity contribution in [3.8, 4) is 0 Å². The highest BCUT2D eigenvalue weighted by Crippen LogP contribution is 2.52. The van der Waals surface area contributed by atoms with Gasteiger partial charge in [-0.05, 0) is 6.92 Å². The van der Waals surface area contributed by atoms with E-state index in [0.717, 1.165) is 0 Å². The van der Waals surface area contributed by atoms with Gasteiger partial charge in [-0.3, -0.25) is 9.59 Å². The molecule has 0 aromatic carbocycles. The first-order valence-corrected chi connectivity index (χ1v) is 6.39. The Morgan fingerprint density at radius 1 is 1.42 bits per heavy atom. The maximum Gasteiger partial charge on any atom is 0.207 e. The quantitative estimate of drug-likeness (QED) is 0.466. The van der Waals surface area contributed by atoms with Crippen LogP contribution in [0.25, 0.3) is 0 Å². The molecule has 3 atom stereocenters. The summed E-state index contributed by atoms with van der Waals surface area (Å²) in [6.45, 7) is 2.32. The number of nitrogens with two attached hydrogens (primary N) is 1. The first-order valence-electron chi connectivity index (χ1n) is 6.39. The second kappa shape index (κ2) is 3.08. The van der Waals surface area contributed by atoms with Crippen molar-refractivity contribution in [2.45, 2.75) is 31.2 Å². The molecule has 2 saturated heterocycles. The molecule has 3 aliphatic heterocycles. The van der Waals surface area contributed by atoms with Crippen LogP contribution in [0.4, 0.5) is 0 Å². The standard InChI is InChI=1S/C13H15N3O3/c1-5-8(14)11(18)6-3-13(19-2)12-7(15-12)4-16(13)9(6)10(5)17/h7,12,15H,3-4,14H2,1-2H3. The highest BCUT2D eigenvalue weighted by molar-refractivity contribution is 6.25. The number of allylic oxidation sites excluding steroid dienone is 2. The van der Waals surface area contributed by atoms with Crippen molar-refractivity contribution in [2.24, 2.45) is 5.73 Å². The van der Waals surface area contributed by atoms with Crippen LogP contribution >= 0.6 is 0 Å². The summed E-state index contributed by atoms with van der Waals surface area (Å²) in [5, 5.41) is 3.33. The fourth-order valence-corrected chi connectivity index (χ4v) is 3.67. The van der Waals surface area contributed by atoms with Crippen molar-refractivity contribution >= 4 is 11.6 Å². The van der Waals surface area contributed by atoms with Gasteiger partial charge in [0.05, 0.1) is 17.4 Å². The maximum absolute atomic E-state index is 12.4. The number of nitrogens with zero attached hydrogens (tertiary/aromatic N) is 1. The molecule has 0 saturated carbocycles. The minimum absolute atomic E-state index is 0.0801. The van der Waals surface area contributed by atoms with E-state index in [0.29, 0.717) is 35.9 Å². The fraction of sp³-hybridized carbons (Fsp3) is 0.538. The Hall–Kier alpha value is -1.66. The van der Waals surface area contributed by atoms with Crippen LogP contribution in [0.2, 0.25) is 0 Å². The number of carbonyl (C=O) groups excluding carboxylic acids is 2. The number of rotatable bonds is 1. The van der Waals surface area contributed by atoms with Gasteiger partial charge in [0.2, 0.25) is 11.6 Å². The Bertz CT molecular complexity index is 606. The number of hydrogen-bond acceptors (Lipinski definition) is 6. The van der Waals surface area contributed by atoms with Crippen LogP contribution in [0, 0.1) is 0 Å². The van der Waals surface area contributed by atoms with E-state index >= 15 is 0 Å². The minimum atomic E-state index is -0.578. The summed E-state index contributed by atoms with van der Waals surface area (Å²) in [6, 6.07) is 0.561. The lowest BCUT2D eigenvalue weighted by molar-refractivity contribution is -0.120. The van der Waals surface area contributed by atoms with Crippen LogP contribution in [0.1, 0.15) is 13.3 Å². The van der Waals surface area contributed by atoms with Crippen LogP contribution in [0.3, 0.4) is 0 Å². The third-order valence-electron chi connectivity index (χ3n) is 4.83. The largest absolute Gasteiger partial charge is 0.395 e. The fourth-order valence-electron chi connectivity index (χ4n) is 3.67. The summed E-state index contributed by atoms with van der Waals surface area (Å²) >= 11 is 0. The zero-order chi connectivity index (χ0) is 13.5. The molecule has 4 aliphatic rings. The minimum Gasteiger partial charge on any atom is -0.395 e. The third kappa shape index (κ3) is 1.06. The molecule has 2 fully saturated rings. The van der Waals surface area contributed by atoms with E-state index in [1.165, 1.54) is 0 Å². The second-order valence-corrected chi connectivity index (χ2v) is 5.61. The number of nitrogens with one attached hydrogen (secondary N) is 1. The highest BCUT2D eigenvalue weighted by atomic mass is 16.5. The van der Waals surface area contributed by atoms with E-state index in [-0.39, 0.29) is 23.3 Å². The molecule has 3 N–H and O–H groups in total. The van der Waals surface area contributed by atoms with Crippen molar-refractivity contribution in [3.63, 3.8) is 0 Å². The number of ether oxygens (including phenoxy) is 1. The Balaban J connectivity index is 1.85. The molecule has 6 heteroatoms. The molecule has 3 heterocycles. The number of carbonyl (C=O) groups is 2. The molecule has 0 radical (unpaired) electrons. The molecule has 6 nitrogen and oxygen atoms in total. The molecule has 4 rings (SSSR count). The van der Waals surface area contributed by atoms with E-state index in [1.807, 2.05) is 4.90 Å². The van der Waals surface area contributed by atoms with Crippen LogP contribution in [-0.2, 0) is 14.3 Å².